The molecule has 1 aromatic carbocycles. The Morgan fingerprint density at radius 3 is 2.62 bits per heavy atom. The molecule has 1 fully saturated rings. The van der Waals surface area contributed by atoms with Gasteiger partial charge in [-0.2, -0.15) is 0 Å². The molecule has 0 N–H and O–H groups in total. The zero-order valence-electron chi connectivity index (χ0n) is 14.9. The third kappa shape index (κ3) is 3.80. The van der Waals surface area contributed by atoms with Crippen molar-refractivity contribution in [1.29, 1.82) is 0 Å². The van der Waals surface area contributed by atoms with Crippen LogP contribution in [0.4, 0.5) is 5.69 Å². The van der Waals surface area contributed by atoms with Gasteiger partial charge in [-0.25, -0.2) is 0 Å². The van der Waals surface area contributed by atoms with Crippen molar-refractivity contribution in [3.63, 3.8) is 0 Å². The number of hydrogen-bond donors (Lipinski definition) is 0. The molecule has 0 radical (unpaired) electrons. The van der Waals surface area contributed by atoms with Crippen LogP contribution in [0.5, 0.6) is 0 Å². The Balaban J connectivity index is 1.54. The van der Waals surface area contributed by atoms with Crippen LogP contribution >= 0.6 is 0 Å². The largest absolute Gasteiger partial charge is 0.374 e. The Kier molecular flexibility index (Phi) is 5.22. The van der Waals surface area contributed by atoms with Crippen LogP contribution in [0.15, 0.2) is 18.2 Å². The summed E-state index contributed by atoms with van der Waals surface area (Å²) in [4.78, 5) is 28.1. The highest BCUT2D eigenvalue weighted by Crippen LogP contribution is 2.28. The van der Waals surface area contributed by atoms with Crippen LogP contribution in [-0.2, 0) is 11.2 Å². The number of amides is 1. The minimum atomic E-state index is 0.169. The summed E-state index contributed by atoms with van der Waals surface area (Å²) in [5.41, 5.74) is 3.43. The standard InChI is InChI=1S/C20H28N2O2/c1-15(23)22-12-9-16(10-13-22)5-8-20(24)18-7-6-17-4-3-11-21(2)19(17)14-18/h6-7,14,16H,3-5,8-13H2,1-2H3. The van der Waals surface area contributed by atoms with Gasteiger partial charge in [-0.05, 0) is 49.7 Å². The molecule has 3 rings (SSSR count). The molecule has 2 heterocycles. The van der Waals surface area contributed by atoms with E-state index < -0.39 is 0 Å². The molecule has 1 aromatic rings. The number of rotatable bonds is 4. The average molecular weight is 328 g/mol. The SMILES string of the molecule is CC(=O)N1CCC(CCC(=O)c2ccc3c(c2)N(C)CCC3)CC1. The molecule has 0 aliphatic carbocycles. The number of anilines is 1. The first kappa shape index (κ1) is 17.0. The van der Waals surface area contributed by atoms with E-state index in [4.69, 9.17) is 0 Å². The monoisotopic (exact) mass is 328 g/mol. The highest BCUT2D eigenvalue weighted by Gasteiger charge is 2.22. The highest BCUT2D eigenvalue weighted by atomic mass is 16.2. The van der Waals surface area contributed by atoms with Gasteiger partial charge in [0.15, 0.2) is 5.78 Å². The minimum absolute atomic E-state index is 0.169. The zero-order valence-corrected chi connectivity index (χ0v) is 14.9. The summed E-state index contributed by atoms with van der Waals surface area (Å²) >= 11 is 0. The van der Waals surface area contributed by atoms with E-state index in [9.17, 15) is 9.59 Å². The molecule has 4 nitrogen and oxygen atoms in total. The molecule has 1 saturated heterocycles. The number of Topliss-reactive ketones (excluding diaryl/α,β-unsaturated/α-hetero) is 1. The molecule has 0 bridgehead atoms. The number of benzene rings is 1. The molecule has 4 heteroatoms. The van der Waals surface area contributed by atoms with E-state index in [-0.39, 0.29) is 11.7 Å². The fourth-order valence-electron chi connectivity index (χ4n) is 3.95. The molecular weight excluding hydrogens is 300 g/mol. The predicted octanol–water partition coefficient (Wildman–Crippen LogP) is 3.29. The Morgan fingerprint density at radius 2 is 1.92 bits per heavy atom. The van der Waals surface area contributed by atoms with E-state index in [2.05, 4.69) is 24.1 Å². The fraction of sp³-hybridized carbons (Fsp3) is 0.600. The summed E-state index contributed by atoms with van der Waals surface area (Å²) in [5.74, 6) is 0.998. The summed E-state index contributed by atoms with van der Waals surface area (Å²) in [5, 5.41) is 0. The van der Waals surface area contributed by atoms with Crippen molar-refractivity contribution in [3.05, 3.63) is 29.3 Å². The van der Waals surface area contributed by atoms with E-state index in [0.29, 0.717) is 12.3 Å². The summed E-state index contributed by atoms with van der Waals surface area (Å²) in [6, 6.07) is 6.21. The van der Waals surface area contributed by atoms with Crippen LogP contribution in [0, 0.1) is 5.92 Å². The van der Waals surface area contributed by atoms with E-state index in [1.165, 1.54) is 17.7 Å². The normalized spacial score (nSPS) is 18.4. The summed E-state index contributed by atoms with van der Waals surface area (Å²) < 4.78 is 0. The first-order valence-electron chi connectivity index (χ1n) is 9.17. The first-order valence-corrected chi connectivity index (χ1v) is 9.17. The van der Waals surface area contributed by atoms with Crippen LogP contribution in [0.3, 0.4) is 0 Å². The van der Waals surface area contributed by atoms with Crippen molar-refractivity contribution in [3.8, 4) is 0 Å². The average Bonchev–Trinajstić information content (AvgIpc) is 2.60. The van der Waals surface area contributed by atoms with Crippen molar-refractivity contribution < 1.29 is 9.59 Å². The second-order valence-electron chi connectivity index (χ2n) is 7.28. The molecule has 24 heavy (non-hydrogen) atoms. The van der Waals surface area contributed by atoms with Gasteiger partial charge in [-0.15, -0.1) is 0 Å². The molecule has 2 aliphatic heterocycles. The third-order valence-corrected chi connectivity index (χ3v) is 5.60. The summed E-state index contributed by atoms with van der Waals surface area (Å²) in [7, 11) is 2.11. The number of likely N-dealkylation sites (tertiary alicyclic amines) is 1. The Morgan fingerprint density at radius 1 is 1.17 bits per heavy atom. The molecule has 0 atom stereocenters. The van der Waals surface area contributed by atoms with E-state index >= 15 is 0 Å². The quantitative estimate of drug-likeness (QED) is 0.796. The van der Waals surface area contributed by atoms with Crippen LogP contribution in [0.25, 0.3) is 0 Å². The summed E-state index contributed by atoms with van der Waals surface area (Å²) in [6.07, 6.45) is 5.92. The Labute approximate surface area is 144 Å². The molecule has 0 spiro atoms. The van der Waals surface area contributed by atoms with Crippen molar-refractivity contribution in [1.82, 2.24) is 4.90 Å². The predicted molar refractivity (Wildman–Crippen MR) is 96.6 cm³/mol. The molecular formula is C20H28N2O2. The number of nitrogens with zero attached hydrogens (tertiary/aromatic N) is 2. The fourth-order valence-corrected chi connectivity index (χ4v) is 3.95. The van der Waals surface area contributed by atoms with Crippen molar-refractivity contribution >= 4 is 17.4 Å². The Bertz CT molecular complexity index is 618. The second-order valence-corrected chi connectivity index (χ2v) is 7.28. The van der Waals surface area contributed by atoms with Gasteiger partial charge < -0.3 is 9.80 Å². The van der Waals surface area contributed by atoms with Gasteiger partial charge in [0.1, 0.15) is 0 Å². The lowest BCUT2D eigenvalue weighted by atomic mass is 9.90. The maximum atomic E-state index is 12.6. The number of carbonyl (C=O) groups excluding carboxylic acids is 2. The molecule has 0 saturated carbocycles. The van der Waals surface area contributed by atoms with Crippen molar-refractivity contribution in [2.75, 3.05) is 31.6 Å². The van der Waals surface area contributed by atoms with Gasteiger partial charge >= 0.3 is 0 Å². The number of carbonyl (C=O) groups is 2. The molecule has 130 valence electrons. The van der Waals surface area contributed by atoms with Gasteiger partial charge in [-0.1, -0.05) is 12.1 Å². The lowest BCUT2D eigenvalue weighted by Gasteiger charge is -2.31. The number of hydrogen-bond acceptors (Lipinski definition) is 3. The van der Waals surface area contributed by atoms with E-state index in [0.717, 1.165) is 50.9 Å². The molecule has 2 aliphatic rings. The van der Waals surface area contributed by atoms with Crippen LogP contribution in [0.2, 0.25) is 0 Å². The van der Waals surface area contributed by atoms with Crippen molar-refractivity contribution in [2.24, 2.45) is 5.92 Å². The van der Waals surface area contributed by atoms with Crippen molar-refractivity contribution in [2.45, 2.75) is 45.4 Å². The number of piperidine rings is 1. The van der Waals surface area contributed by atoms with E-state index in [1.54, 1.807) is 6.92 Å². The maximum absolute atomic E-state index is 12.6. The second kappa shape index (κ2) is 7.37. The van der Waals surface area contributed by atoms with E-state index in [1.807, 2.05) is 11.0 Å². The van der Waals surface area contributed by atoms with Crippen LogP contribution < -0.4 is 4.90 Å². The molecule has 0 aromatic heterocycles. The smallest absolute Gasteiger partial charge is 0.219 e. The van der Waals surface area contributed by atoms with Gasteiger partial charge in [0.2, 0.25) is 5.91 Å². The van der Waals surface area contributed by atoms with Gasteiger partial charge in [-0.3, -0.25) is 9.59 Å². The van der Waals surface area contributed by atoms with Gasteiger partial charge in [0.05, 0.1) is 0 Å². The zero-order chi connectivity index (χ0) is 17.1. The summed E-state index contributed by atoms with van der Waals surface area (Å²) in [6.45, 7) is 4.39. The lowest BCUT2D eigenvalue weighted by molar-refractivity contribution is -0.130. The van der Waals surface area contributed by atoms with Crippen LogP contribution in [-0.4, -0.2) is 43.3 Å². The third-order valence-electron chi connectivity index (χ3n) is 5.60. The topological polar surface area (TPSA) is 40.6 Å². The highest BCUT2D eigenvalue weighted by molar-refractivity contribution is 5.97. The minimum Gasteiger partial charge on any atom is -0.374 e. The molecule has 0 unspecified atom stereocenters. The number of fused-ring (bicyclic) bond motifs is 1. The van der Waals surface area contributed by atoms with Gasteiger partial charge in [0.25, 0.3) is 0 Å². The lowest BCUT2D eigenvalue weighted by Crippen LogP contribution is -2.37. The van der Waals surface area contributed by atoms with Gasteiger partial charge in [0, 0.05) is 51.3 Å². The number of ketones is 1. The number of aryl methyl sites for hydroxylation is 1. The maximum Gasteiger partial charge on any atom is 0.219 e. The Hall–Kier alpha value is -1.84. The first-order chi connectivity index (χ1) is 11.5. The van der Waals surface area contributed by atoms with Crippen LogP contribution in [0.1, 0.15) is 54.9 Å². The molecule has 1 amide bonds.